The molecule has 1 atom stereocenters. The number of methoxy groups -OCH3 is 1. The van der Waals surface area contributed by atoms with E-state index in [1.807, 2.05) is 0 Å². The van der Waals surface area contributed by atoms with Crippen LogP contribution in [0.4, 0.5) is 0 Å². The van der Waals surface area contributed by atoms with Crippen molar-refractivity contribution in [3.05, 3.63) is 66.2 Å². The minimum absolute atomic E-state index is 0.151. The predicted octanol–water partition coefficient (Wildman–Crippen LogP) is 2.60. The quantitative estimate of drug-likeness (QED) is 0.326. The largest absolute Gasteiger partial charge is 0.466 e. The molecule has 0 spiro atoms. The number of ether oxygens (including phenoxy) is 1. The van der Waals surface area contributed by atoms with Crippen LogP contribution < -0.4 is 0 Å². The Morgan fingerprint density at radius 2 is 1.48 bits per heavy atom. The molecule has 6 nitrogen and oxygen atoms in total. The van der Waals surface area contributed by atoms with E-state index in [1.165, 1.54) is 43.3 Å². The van der Waals surface area contributed by atoms with Gasteiger partial charge < -0.3 is 4.74 Å². The van der Waals surface area contributed by atoms with E-state index in [4.69, 9.17) is 4.18 Å². The molecule has 0 aromatic heterocycles. The number of rotatable bonds is 7. The van der Waals surface area contributed by atoms with E-state index in [9.17, 15) is 18.0 Å². The molecule has 0 amide bonds. The van der Waals surface area contributed by atoms with Crippen molar-refractivity contribution in [2.24, 2.45) is 0 Å². The normalized spacial score (nSPS) is 13.7. The second-order valence-corrected chi connectivity index (χ2v) is 6.76. The van der Waals surface area contributed by atoms with E-state index in [0.29, 0.717) is 0 Å². The summed E-state index contributed by atoms with van der Waals surface area (Å²) in [5, 5.41) is 0. The molecule has 0 saturated carbocycles. The first kappa shape index (κ1) is 18.8. The molecule has 2 aromatic carbocycles. The minimum Gasteiger partial charge on any atom is -0.466 e. The first-order chi connectivity index (χ1) is 11.9. The lowest BCUT2D eigenvalue weighted by Gasteiger charge is -2.27. The van der Waals surface area contributed by atoms with Crippen molar-refractivity contribution in [2.75, 3.05) is 7.11 Å². The van der Waals surface area contributed by atoms with Gasteiger partial charge in [-0.2, -0.15) is 8.42 Å². The SMILES string of the molecule is CCC(OS(=O)(=O)c1ccccc1)(C(=O)OC)C(=O)c1ccccc1. The summed E-state index contributed by atoms with van der Waals surface area (Å²) in [6.07, 6.45) is -0.209. The number of carbonyl (C=O) groups excluding carboxylic acids is 2. The Hall–Kier alpha value is -2.51. The fraction of sp³-hybridized carbons (Fsp3) is 0.222. The molecule has 2 rings (SSSR count). The molecule has 0 N–H and O–H groups in total. The van der Waals surface area contributed by atoms with Gasteiger partial charge in [0.25, 0.3) is 10.1 Å². The van der Waals surface area contributed by atoms with E-state index < -0.39 is 27.5 Å². The van der Waals surface area contributed by atoms with Crippen molar-refractivity contribution in [3.8, 4) is 0 Å². The van der Waals surface area contributed by atoms with E-state index >= 15 is 0 Å². The lowest BCUT2D eigenvalue weighted by atomic mass is 9.90. The molecule has 132 valence electrons. The van der Waals surface area contributed by atoms with E-state index in [0.717, 1.165) is 7.11 Å². The van der Waals surface area contributed by atoms with Crippen molar-refractivity contribution in [2.45, 2.75) is 23.8 Å². The number of Topliss-reactive ketones (excluding diaryl/α,β-unsaturated/α-hetero) is 1. The highest BCUT2D eigenvalue weighted by Gasteiger charge is 2.51. The van der Waals surface area contributed by atoms with Gasteiger partial charge in [-0.1, -0.05) is 55.5 Å². The molecule has 0 aliphatic heterocycles. The average molecular weight is 362 g/mol. The molecular weight excluding hydrogens is 344 g/mol. The second-order valence-electron chi connectivity index (χ2n) is 5.22. The first-order valence-corrected chi connectivity index (χ1v) is 8.97. The topological polar surface area (TPSA) is 86.7 Å². The molecule has 0 bridgehead atoms. The number of benzene rings is 2. The van der Waals surface area contributed by atoms with Crippen LogP contribution in [0.25, 0.3) is 0 Å². The molecule has 0 radical (unpaired) electrons. The zero-order chi connectivity index (χ0) is 18.5. The number of ketones is 1. The van der Waals surface area contributed by atoms with E-state index in [2.05, 4.69) is 4.74 Å². The summed E-state index contributed by atoms with van der Waals surface area (Å²) in [5.41, 5.74) is -2.14. The standard InChI is InChI=1S/C18H18O6S/c1-3-18(17(20)23-2,16(19)14-10-6-4-7-11-14)24-25(21,22)15-12-8-5-9-13-15/h4-13H,3H2,1-2H3. The summed E-state index contributed by atoms with van der Waals surface area (Å²) in [6, 6.07) is 15.2. The monoisotopic (exact) mass is 362 g/mol. The molecule has 0 fully saturated rings. The molecule has 1 unspecified atom stereocenters. The van der Waals surface area contributed by atoms with Crippen LogP contribution in [0.2, 0.25) is 0 Å². The summed E-state index contributed by atoms with van der Waals surface area (Å²) in [6.45, 7) is 1.48. The zero-order valence-corrected chi connectivity index (χ0v) is 14.7. The van der Waals surface area contributed by atoms with Crippen molar-refractivity contribution in [1.82, 2.24) is 0 Å². The minimum atomic E-state index is -4.36. The highest BCUT2D eigenvalue weighted by atomic mass is 32.2. The summed E-state index contributed by atoms with van der Waals surface area (Å²) in [5.74, 6) is -1.84. The summed E-state index contributed by atoms with van der Waals surface area (Å²) in [4.78, 5) is 25.1. The lowest BCUT2D eigenvalue weighted by molar-refractivity contribution is -0.154. The van der Waals surface area contributed by atoms with Gasteiger partial charge in [0.15, 0.2) is 0 Å². The van der Waals surface area contributed by atoms with Gasteiger partial charge in [-0.25, -0.2) is 8.98 Å². The number of esters is 1. The van der Waals surface area contributed by atoms with Gasteiger partial charge in [-0.3, -0.25) is 4.79 Å². The molecular formula is C18H18O6S. The third kappa shape index (κ3) is 3.78. The number of hydrogen-bond acceptors (Lipinski definition) is 6. The third-order valence-electron chi connectivity index (χ3n) is 3.70. The van der Waals surface area contributed by atoms with Crippen LogP contribution in [0.15, 0.2) is 65.6 Å². The van der Waals surface area contributed by atoms with E-state index in [-0.39, 0.29) is 16.9 Å². The van der Waals surface area contributed by atoms with Crippen molar-refractivity contribution in [1.29, 1.82) is 0 Å². The molecule has 0 aliphatic carbocycles. The Kier molecular flexibility index (Phi) is 5.71. The Bertz CT molecular complexity index is 846. The lowest BCUT2D eigenvalue weighted by Crippen LogP contribution is -2.50. The van der Waals surface area contributed by atoms with E-state index in [1.54, 1.807) is 24.3 Å². The summed E-state index contributed by atoms with van der Waals surface area (Å²) < 4.78 is 35.0. The van der Waals surface area contributed by atoms with Crippen molar-refractivity contribution < 1.29 is 26.9 Å². The molecule has 0 saturated heterocycles. The maximum Gasteiger partial charge on any atom is 0.347 e. The van der Waals surface area contributed by atoms with Crippen LogP contribution in [0.1, 0.15) is 23.7 Å². The third-order valence-corrected chi connectivity index (χ3v) is 5.05. The van der Waals surface area contributed by atoms with Crippen molar-refractivity contribution in [3.63, 3.8) is 0 Å². The molecule has 7 heteroatoms. The molecule has 2 aromatic rings. The van der Waals surface area contributed by atoms with Gasteiger partial charge in [0.1, 0.15) is 0 Å². The van der Waals surface area contributed by atoms with Crippen LogP contribution in [0.3, 0.4) is 0 Å². The summed E-state index contributed by atoms with van der Waals surface area (Å²) in [7, 11) is -3.29. The van der Waals surface area contributed by atoms with Gasteiger partial charge in [0.2, 0.25) is 11.4 Å². The Morgan fingerprint density at radius 1 is 0.960 bits per heavy atom. The number of hydrogen-bond donors (Lipinski definition) is 0. The predicted molar refractivity (Wildman–Crippen MR) is 90.5 cm³/mol. The van der Waals surface area contributed by atoms with Crippen molar-refractivity contribution >= 4 is 21.9 Å². The highest BCUT2D eigenvalue weighted by Crippen LogP contribution is 2.29. The maximum absolute atomic E-state index is 12.9. The van der Waals surface area contributed by atoms with Crippen LogP contribution in [-0.4, -0.2) is 32.9 Å². The smallest absolute Gasteiger partial charge is 0.347 e. The fourth-order valence-electron chi connectivity index (χ4n) is 2.34. The zero-order valence-electron chi connectivity index (χ0n) is 13.8. The van der Waals surface area contributed by atoms with Crippen LogP contribution in [0, 0.1) is 0 Å². The van der Waals surface area contributed by atoms with Gasteiger partial charge >= 0.3 is 5.97 Å². The van der Waals surface area contributed by atoms with Gasteiger partial charge in [-0.05, 0) is 18.6 Å². The highest BCUT2D eigenvalue weighted by molar-refractivity contribution is 7.86. The van der Waals surface area contributed by atoms with Gasteiger partial charge in [-0.15, -0.1) is 0 Å². The molecule has 0 heterocycles. The van der Waals surface area contributed by atoms with Crippen LogP contribution >= 0.6 is 0 Å². The average Bonchev–Trinajstić information content (AvgIpc) is 2.66. The Balaban J connectivity index is 2.53. The Labute approximate surface area is 146 Å². The van der Waals surface area contributed by atoms with Crippen LogP contribution in [-0.2, 0) is 23.8 Å². The van der Waals surface area contributed by atoms with Crippen LogP contribution in [0.5, 0.6) is 0 Å². The fourth-order valence-corrected chi connectivity index (χ4v) is 3.56. The number of carbonyl (C=O) groups is 2. The Morgan fingerprint density at radius 3 is 1.96 bits per heavy atom. The molecule has 0 aliphatic rings. The second kappa shape index (κ2) is 7.58. The van der Waals surface area contributed by atoms with Gasteiger partial charge in [0, 0.05) is 5.56 Å². The molecule has 25 heavy (non-hydrogen) atoms. The van der Waals surface area contributed by atoms with Gasteiger partial charge in [0.05, 0.1) is 12.0 Å². The first-order valence-electron chi connectivity index (χ1n) is 7.56. The summed E-state index contributed by atoms with van der Waals surface area (Å²) >= 11 is 0. The maximum atomic E-state index is 12.9.